The van der Waals surface area contributed by atoms with Crippen LogP contribution in [0.2, 0.25) is 0 Å². The number of nitrogens with zero attached hydrogens (tertiary/aromatic N) is 4. The van der Waals surface area contributed by atoms with Crippen molar-refractivity contribution in [3.8, 4) is 0 Å². The number of hydrogen-bond acceptors (Lipinski definition) is 5. The second kappa shape index (κ2) is 5.79. The fourth-order valence-corrected chi connectivity index (χ4v) is 1.27. The van der Waals surface area contributed by atoms with Crippen molar-refractivity contribution in [1.82, 2.24) is 19.7 Å². The van der Waals surface area contributed by atoms with Crippen LogP contribution in [0, 0.1) is 0 Å². The molecule has 0 fully saturated rings. The van der Waals surface area contributed by atoms with Crippen LogP contribution in [0.25, 0.3) is 0 Å². The summed E-state index contributed by atoms with van der Waals surface area (Å²) in [6.07, 6.45) is 1.34. The number of methoxy groups -OCH3 is 2. The zero-order valence-electron chi connectivity index (χ0n) is 9.67. The highest BCUT2D eigenvalue weighted by atomic mass is 16.7. The van der Waals surface area contributed by atoms with Crippen LogP contribution >= 0.6 is 0 Å². The Morgan fingerprint density at radius 1 is 1.47 bits per heavy atom. The molecular weight excluding hydrogens is 196 g/mol. The lowest BCUT2D eigenvalue weighted by Gasteiger charge is -2.21. The Hall–Kier alpha value is -0.980. The molecule has 0 aliphatic heterocycles. The summed E-state index contributed by atoms with van der Waals surface area (Å²) in [6, 6.07) is 0. The lowest BCUT2D eigenvalue weighted by molar-refractivity contribution is -0.114. The van der Waals surface area contributed by atoms with Crippen molar-refractivity contribution in [2.24, 2.45) is 7.05 Å². The van der Waals surface area contributed by atoms with Crippen molar-refractivity contribution in [3.05, 3.63) is 12.2 Å². The van der Waals surface area contributed by atoms with Gasteiger partial charge in [-0.25, -0.2) is 4.98 Å². The van der Waals surface area contributed by atoms with Gasteiger partial charge in [0.25, 0.3) is 0 Å². The highest BCUT2D eigenvalue weighted by Gasteiger charge is 2.11. The van der Waals surface area contributed by atoms with E-state index in [1.807, 2.05) is 14.1 Å². The maximum atomic E-state index is 5.11. The summed E-state index contributed by atoms with van der Waals surface area (Å²) in [7, 11) is 7.12. The second-order valence-electron chi connectivity index (χ2n) is 3.40. The van der Waals surface area contributed by atoms with Crippen LogP contribution in [-0.4, -0.2) is 53.8 Å². The van der Waals surface area contributed by atoms with Crippen molar-refractivity contribution < 1.29 is 9.47 Å². The van der Waals surface area contributed by atoms with Crippen molar-refractivity contribution in [2.75, 3.05) is 27.8 Å². The van der Waals surface area contributed by atoms with E-state index in [4.69, 9.17) is 9.47 Å². The number of rotatable bonds is 6. The zero-order chi connectivity index (χ0) is 11.3. The molecule has 1 aromatic rings. The summed E-state index contributed by atoms with van der Waals surface area (Å²) in [6.45, 7) is 1.42. The topological polar surface area (TPSA) is 52.4 Å². The quantitative estimate of drug-likeness (QED) is 0.617. The van der Waals surface area contributed by atoms with Crippen LogP contribution in [0.4, 0.5) is 0 Å². The first-order chi connectivity index (χ1) is 7.17. The first-order valence-electron chi connectivity index (χ1n) is 4.74. The molecule has 0 aliphatic rings. The Kier molecular flexibility index (Phi) is 4.67. The molecule has 0 aromatic carbocycles. The van der Waals surface area contributed by atoms with E-state index in [0.717, 1.165) is 12.4 Å². The third-order valence-electron chi connectivity index (χ3n) is 2.20. The molecular formula is C9H18N4O2. The van der Waals surface area contributed by atoms with E-state index >= 15 is 0 Å². The largest absolute Gasteiger partial charge is 0.355 e. The molecule has 6 nitrogen and oxygen atoms in total. The van der Waals surface area contributed by atoms with Crippen molar-refractivity contribution in [2.45, 2.75) is 12.8 Å². The molecule has 0 spiro atoms. The highest BCUT2D eigenvalue weighted by Crippen LogP contribution is 2.00. The molecule has 15 heavy (non-hydrogen) atoms. The normalized spacial score (nSPS) is 11.6. The van der Waals surface area contributed by atoms with Gasteiger partial charge in [0.15, 0.2) is 6.29 Å². The lowest BCUT2D eigenvalue weighted by Crippen LogP contribution is -2.32. The fraction of sp³-hybridized carbons (Fsp3) is 0.778. The van der Waals surface area contributed by atoms with Gasteiger partial charge in [-0.1, -0.05) is 0 Å². The minimum absolute atomic E-state index is 0.205. The van der Waals surface area contributed by atoms with Gasteiger partial charge in [0.05, 0.1) is 6.54 Å². The van der Waals surface area contributed by atoms with E-state index in [1.54, 1.807) is 25.2 Å². The van der Waals surface area contributed by atoms with Crippen molar-refractivity contribution in [1.29, 1.82) is 0 Å². The molecule has 0 amide bonds. The van der Waals surface area contributed by atoms with Gasteiger partial charge in [-0.3, -0.25) is 9.58 Å². The average molecular weight is 214 g/mol. The highest BCUT2D eigenvalue weighted by molar-refractivity contribution is 4.82. The predicted molar refractivity (Wildman–Crippen MR) is 55.1 cm³/mol. The first-order valence-corrected chi connectivity index (χ1v) is 4.74. The molecule has 0 saturated heterocycles. The number of aromatic nitrogens is 3. The summed E-state index contributed by atoms with van der Waals surface area (Å²) < 4.78 is 12.0. The molecule has 0 radical (unpaired) electrons. The molecule has 1 heterocycles. The van der Waals surface area contributed by atoms with Gasteiger partial charge in [-0.2, -0.15) is 5.10 Å². The van der Waals surface area contributed by atoms with Gasteiger partial charge >= 0.3 is 0 Å². The van der Waals surface area contributed by atoms with Gasteiger partial charge in [0.1, 0.15) is 12.2 Å². The molecule has 0 atom stereocenters. The summed E-state index contributed by atoms with van der Waals surface area (Å²) in [4.78, 5) is 6.21. The Labute approximate surface area is 89.8 Å². The standard InChI is InChI=1S/C9H18N4O2/c1-12(6-9(14-3)15-4)5-8-10-7-11-13(8)2/h7,9H,5-6H2,1-4H3. The summed E-state index contributed by atoms with van der Waals surface area (Å²) in [5, 5.41) is 4.01. The van der Waals surface area contributed by atoms with Crippen LogP contribution < -0.4 is 0 Å². The molecule has 0 bridgehead atoms. The smallest absolute Gasteiger partial charge is 0.169 e. The minimum atomic E-state index is -0.205. The monoisotopic (exact) mass is 214 g/mol. The van der Waals surface area contributed by atoms with E-state index in [0.29, 0.717) is 6.54 Å². The van der Waals surface area contributed by atoms with Gasteiger partial charge < -0.3 is 9.47 Å². The van der Waals surface area contributed by atoms with Crippen LogP contribution in [0.1, 0.15) is 5.82 Å². The SMILES string of the molecule is COC(CN(C)Cc1ncnn1C)OC. The van der Waals surface area contributed by atoms with E-state index < -0.39 is 0 Å². The molecule has 0 unspecified atom stereocenters. The van der Waals surface area contributed by atoms with E-state index in [1.165, 1.54) is 0 Å². The van der Waals surface area contributed by atoms with Crippen molar-refractivity contribution in [3.63, 3.8) is 0 Å². The van der Waals surface area contributed by atoms with Gasteiger partial charge in [-0.15, -0.1) is 0 Å². The maximum Gasteiger partial charge on any atom is 0.169 e. The van der Waals surface area contributed by atoms with Crippen LogP contribution in [-0.2, 0) is 23.1 Å². The molecule has 6 heteroatoms. The number of likely N-dealkylation sites (N-methyl/N-ethyl adjacent to an activating group) is 1. The molecule has 0 N–H and O–H groups in total. The molecule has 86 valence electrons. The Balaban J connectivity index is 2.42. The summed E-state index contributed by atoms with van der Waals surface area (Å²) >= 11 is 0. The Morgan fingerprint density at radius 3 is 2.60 bits per heavy atom. The van der Waals surface area contributed by atoms with E-state index in [-0.39, 0.29) is 6.29 Å². The third-order valence-corrected chi connectivity index (χ3v) is 2.20. The number of ether oxygens (including phenoxy) is 2. The van der Waals surface area contributed by atoms with Gasteiger partial charge in [0, 0.05) is 27.8 Å². The number of aryl methyl sites for hydroxylation is 1. The van der Waals surface area contributed by atoms with Gasteiger partial charge in [-0.05, 0) is 7.05 Å². The summed E-state index contributed by atoms with van der Waals surface area (Å²) in [5.74, 6) is 0.920. The van der Waals surface area contributed by atoms with Gasteiger partial charge in [0.2, 0.25) is 0 Å². The lowest BCUT2D eigenvalue weighted by atomic mass is 10.4. The van der Waals surface area contributed by atoms with Crippen LogP contribution in [0.15, 0.2) is 6.33 Å². The first kappa shape index (κ1) is 12.1. The molecule has 0 saturated carbocycles. The zero-order valence-corrected chi connectivity index (χ0v) is 9.67. The Bertz CT molecular complexity index is 285. The fourth-order valence-electron chi connectivity index (χ4n) is 1.27. The van der Waals surface area contributed by atoms with Crippen LogP contribution in [0.5, 0.6) is 0 Å². The predicted octanol–water partition coefficient (Wildman–Crippen LogP) is -0.134. The Morgan fingerprint density at radius 2 is 2.13 bits per heavy atom. The van der Waals surface area contributed by atoms with Crippen molar-refractivity contribution >= 4 is 0 Å². The minimum Gasteiger partial charge on any atom is -0.355 e. The average Bonchev–Trinajstić information content (AvgIpc) is 2.61. The summed E-state index contributed by atoms with van der Waals surface area (Å²) in [5.41, 5.74) is 0. The maximum absolute atomic E-state index is 5.11. The van der Waals surface area contributed by atoms with Crippen LogP contribution in [0.3, 0.4) is 0 Å². The molecule has 0 aliphatic carbocycles. The van der Waals surface area contributed by atoms with E-state index in [9.17, 15) is 0 Å². The number of hydrogen-bond donors (Lipinski definition) is 0. The second-order valence-corrected chi connectivity index (χ2v) is 3.40. The third kappa shape index (κ3) is 3.58. The molecule has 1 rings (SSSR count). The van der Waals surface area contributed by atoms with E-state index in [2.05, 4.69) is 15.0 Å². The molecule has 1 aromatic heterocycles.